The predicted molar refractivity (Wildman–Crippen MR) is 53.2 cm³/mol. The number of aromatic nitrogens is 2. The first-order valence-electron chi connectivity index (χ1n) is 5.18. The number of rotatable bonds is 2. The van der Waals surface area contributed by atoms with Crippen molar-refractivity contribution in [1.29, 1.82) is 0 Å². The summed E-state index contributed by atoms with van der Waals surface area (Å²) in [6.45, 7) is 0.808. The molecule has 0 aromatic carbocycles. The van der Waals surface area contributed by atoms with Gasteiger partial charge in [0.1, 0.15) is 0 Å². The van der Waals surface area contributed by atoms with Crippen LogP contribution in [-0.4, -0.2) is 28.4 Å². The van der Waals surface area contributed by atoms with Crippen molar-refractivity contribution in [2.24, 2.45) is 18.9 Å². The first kappa shape index (κ1) is 8.91. The molecule has 5 nitrogen and oxygen atoms in total. The molecule has 0 spiro atoms. The second kappa shape index (κ2) is 3.06. The third-order valence-corrected chi connectivity index (χ3v) is 3.13. The van der Waals surface area contributed by atoms with E-state index in [0.29, 0.717) is 11.7 Å². The van der Waals surface area contributed by atoms with Crippen LogP contribution in [0.3, 0.4) is 0 Å². The highest BCUT2D eigenvalue weighted by atomic mass is 16.5. The average Bonchev–Trinajstić information content (AvgIpc) is 2.60. The van der Waals surface area contributed by atoms with E-state index in [1.807, 2.05) is 7.05 Å². The number of hydrogen-bond donors (Lipinski definition) is 1. The third-order valence-electron chi connectivity index (χ3n) is 3.13. The summed E-state index contributed by atoms with van der Waals surface area (Å²) in [5.74, 6) is 1.17. The standard InChI is InChI=1S/C10H13N3O2/c1-13-4-2-7(12-13)11-10(14)8-6-3-5-15-9(6)8/h2,4,6,8-9H,3,5H2,1H3,(H,11,12,14)/t6-,8-,9-/m1/s1. The Labute approximate surface area is 87.4 Å². The first-order chi connectivity index (χ1) is 7.25. The van der Waals surface area contributed by atoms with Gasteiger partial charge in [-0.1, -0.05) is 0 Å². The molecule has 1 aliphatic carbocycles. The van der Waals surface area contributed by atoms with Crippen molar-refractivity contribution in [1.82, 2.24) is 9.78 Å². The van der Waals surface area contributed by atoms with E-state index >= 15 is 0 Å². The summed E-state index contributed by atoms with van der Waals surface area (Å²) in [5.41, 5.74) is 0. The van der Waals surface area contributed by atoms with E-state index in [1.54, 1.807) is 16.9 Å². The quantitative estimate of drug-likeness (QED) is 0.763. The Morgan fingerprint density at radius 2 is 2.60 bits per heavy atom. The Hall–Kier alpha value is -1.36. The maximum absolute atomic E-state index is 11.8. The van der Waals surface area contributed by atoms with Crippen LogP contribution >= 0.6 is 0 Å². The van der Waals surface area contributed by atoms with Crippen molar-refractivity contribution in [3.8, 4) is 0 Å². The number of fused-ring (bicyclic) bond motifs is 1. The highest BCUT2D eigenvalue weighted by Crippen LogP contribution is 2.49. The number of anilines is 1. The number of nitrogens with one attached hydrogen (secondary N) is 1. The highest BCUT2D eigenvalue weighted by Gasteiger charge is 2.58. The van der Waals surface area contributed by atoms with Gasteiger partial charge in [-0.2, -0.15) is 5.10 Å². The topological polar surface area (TPSA) is 56.2 Å². The monoisotopic (exact) mass is 207 g/mol. The summed E-state index contributed by atoms with van der Waals surface area (Å²) < 4.78 is 7.08. The zero-order valence-electron chi connectivity index (χ0n) is 8.51. The molecule has 15 heavy (non-hydrogen) atoms. The van der Waals surface area contributed by atoms with E-state index in [2.05, 4.69) is 10.4 Å². The van der Waals surface area contributed by atoms with Crippen LogP contribution < -0.4 is 5.32 Å². The lowest BCUT2D eigenvalue weighted by Gasteiger charge is -2.03. The molecule has 2 heterocycles. The van der Waals surface area contributed by atoms with Crippen LogP contribution in [0.1, 0.15) is 6.42 Å². The molecule has 1 N–H and O–H groups in total. The van der Waals surface area contributed by atoms with Crippen molar-refractivity contribution < 1.29 is 9.53 Å². The van der Waals surface area contributed by atoms with E-state index in [0.717, 1.165) is 13.0 Å². The van der Waals surface area contributed by atoms with Gasteiger partial charge in [-0.15, -0.1) is 0 Å². The van der Waals surface area contributed by atoms with Gasteiger partial charge < -0.3 is 10.1 Å². The molecule has 1 aromatic heterocycles. The van der Waals surface area contributed by atoms with Crippen molar-refractivity contribution in [3.63, 3.8) is 0 Å². The maximum atomic E-state index is 11.8. The molecule has 0 radical (unpaired) electrons. The molecule has 1 saturated heterocycles. The minimum Gasteiger partial charge on any atom is -0.377 e. The number of nitrogens with zero attached hydrogens (tertiary/aromatic N) is 2. The molecule has 1 aromatic rings. The number of carbonyl (C=O) groups excluding carboxylic acids is 1. The number of amides is 1. The van der Waals surface area contributed by atoms with Crippen molar-refractivity contribution in [2.75, 3.05) is 11.9 Å². The average molecular weight is 207 g/mol. The SMILES string of the molecule is Cn1ccc(NC(=O)[C@@H]2[C@H]3CCO[C@H]32)n1. The summed E-state index contributed by atoms with van der Waals surface area (Å²) in [7, 11) is 1.82. The van der Waals surface area contributed by atoms with Gasteiger partial charge in [0.2, 0.25) is 5.91 Å². The van der Waals surface area contributed by atoms with Crippen LogP contribution in [0.15, 0.2) is 12.3 Å². The summed E-state index contributed by atoms with van der Waals surface area (Å²) in [4.78, 5) is 11.8. The van der Waals surface area contributed by atoms with Gasteiger partial charge in [0, 0.05) is 31.8 Å². The summed E-state index contributed by atoms with van der Waals surface area (Å²) in [6.07, 6.45) is 3.00. The summed E-state index contributed by atoms with van der Waals surface area (Å²) >= 11 is 0. The number of ether oxygens (including phenoxy) is 1. The molecule has 80 valence electrons. The second-order valence-corrected chi connectivity index (χ2v) is 4.18. The van der Waals surface area contributed by atoms with Gasteiger partial charge in [-0.3, -0.25) is 9.48 Å². The maximum Gasteiger partial charge on any atom is 0.231 e. The van der Waals surface area contributed by atoms with E-state index in [9.17, 15) is 4.79 Å². The van der Waals surface area contributed by atoms with Gasteiger partial charge in [0.05, 0.1) is 12.0 Å². The third kappa shape index (κ3) is 1.43. The smallest absolute Gasteiger partial charge is 0.231 e. The van der Waals surface area contributed by atoms with E-state index in [1.165, 1.54) is 0 Å². The molecule has 2 aliphatic rings. The van der Waals surface area contributed by atoms with Gasteiger partial charge in [0.25, 0.3) is 0 Å². The number of carbonyl (C=O) groups is 1. The van der Waals surface area contributed by atoms with Crippen LogP contribution in [0.25, 0.3) is 0 Å². The molecule has 3 rings (SSSR count). The van der Waals surface area contributed by atoms with E-state index in [-0.39, 0.29) is 17.9 Å². The molecule has 0 bridgehead atoms. The zero-order valence-corrected chi connectivity index (χ0v) is 8.51. The van der Waals surface area contributed by atoms with Crippen molar-refractivity contribution >= 4 is 11.7 Å². The summed E-state index contributed by atoms with van der Waals surface area (Å²) in [6, 6.07) is 1.79. The van der Waals surface area contributed by atoms with Crippen LogP contribution in [-0.2, 0) is 16.6 Å². The molecule has 1 aliphatic heterocycles. The molecule has 2 fully saturated rings. The van der Waals surface area contributed by atoms with Gasteiger partial charge in [0.15, 0.2) is 5.82 Å². The molecular formula is C10H13N3O2. The Kier molecular flexibility index (Phi) is 1.82. The second-order valence-electron chi connectivity index (χ2n) is 4.18. The van der Waals surface area contributed by atoms with Crippen molar-refractivity contribution in [2.45, 2.75) is 12.5 Å². The van der Waals surface area contributed by atoms with Crippen molar-refractivity contribution in [3.05, 3.63) is 12.3 Å². The highest BCUT2D eigenvalue weighted by molar-refractivity contribution is 5.94. The minimum atomic E-state index is 0.0448. The fraction of sp³-hybridized carbons (Fsp3) is 0.600. The van der Waals surface area contributed by atoms with E-state index < -0.39 is 0 Å². The van der Waals surface area contributed by atoms with Crippen LogP contribution in [0, 0.1) is 11.8 Å². The molecule has 5 heteroatoms. The normalized spacial score (nSPS) is 32.5. The fourth-order valence-electron chi connectivity index (χ4n) is 2.29. The minimum absolute atomic E-state index is 0.0448. The van der Waals surface area contributed by atoms with Crippen LogP contribution in [0.2, 0.25) is 0 Å². The van der Waals surface area contributed by atoms with Crippen LogP contribution in [0.4, 0.5) is 5.82 Å². The molecule has 1 amide bonds. The molecule has 0 unspecified atom stereocenters. The lowest BCUT2D eigenvalue weighted by Crippen LogP contribution is -2.18. The first-order valence-corrected chi connectivity index (χ1v) is 5.18. The zero-order chi connectivity index (χ0) is 10.4. The number of aryl methyl sites for hydroxylation is 1. The lowest BCUT2D eigenvalue weighted by molar-refractivity contribution is -0.118. The van der Waals surface area contributed by atoms with Gasteiger partial charge >= 0.3 is 0 Å². The molecule has 3 atom stereocenters. The van der Waals surface area contributed by atoms with E-state index in [4.69, 9.17) is 4.74 Å². The molecule has 1 saturated carbocycles. The predicted octanol–water partition coefficient (Wildman–Crippen LogP) is 0.393. The summed E-state index contributed by atoms with van der Waals surface area (Å²) in [5, 5.41) is 6.90. The van der Waals surface area contributed by atoms with Crippen LogP contribution in [0.5, 0.6) is 0 Å². The fourth-order valence-corrected chi connectivity index (χ4v) is 2.29. The Morgan fingerprint density at radius 1 is 1.73 bits per heavy atom. The largest absolute Gasteiger partial charge is 0.377 e. The van der Waals surface area contributed by atoms with Gasteiger partial charge in [-0.25, -0.2) is 0 Å². The Balaban J connectivity index is 1.63. The number of hydrogen-bond acceptors (Lipinski definition) is 3. The molecular weight excluding hydrogens is 194 g/mol. The Morgan fingerprint density at radius 3 is 3.20 bits per heavy atom. The lowest BCUT2D eigenvalue weighted by atomic mass is 10.2. The van der Waals surface area contributed by atoms with Gasteiger partial charge in [-0.05, 0) is 6.42 Å². The Bertz CT molecular complexity index is 391.